The maximum Gasteiger partial charge on any atom is 0.326 e. The molecule has 3 aromatic rings. The van der Waals surface area contributed by atoms with Crippen LogP contribution in [0.1, 0.15) is 61.5 Å². The van der Waals surface area contributed by atoms with Crippen LogP contribution in [0.4, 0.5) is 0 Å². The van der Waals surface area contributed by atoms with E-state index in [2.05, 4.69) is 22.9 Å². The lowest BCUT2D eigenvalue weighted by Gasteiger charge is -2.24. The maximum absolute atomic E-state index is 13.2. The molecule has 0 bridgehead atoms. The zero-order valence-electron chi connectivity index (χ0n) is 30.3. The molecule has 268 valence electrons. The molecule has 3 N–H and O–H groups in total. The number of methoxy groups -OCH3 is 2. The van der Waals surface area contributed by atoms with E-state index < -0.39 is 12.0 Å². The zero-order valence-corrected chi connectivity index (χ0v) is 31.1. The predicted octanol–water partition coefficient (Wildman–Crippen LogP) is 8.56. The van der Waals surface area contributed by atoms with Gasteiger partial charge in [0, 0.05) is 25.3 Å². The lowest BCUT2D eigenvalue weighted by atomic mass is 9.93. The van der Waals surface area contributed by atoms with Crippen molar-refractivity contribution >= 4 is 23.6 Å². The number of para-hydroxylation sites is 1. The third kappa shape index (κ3) is 15.8. The van der Waals surface area contributed by atoms with Crippen molar-refractivity contribution in [3.8, 4) is 16.9 Å². The van der Waals surface area contributed by atoms with Gasteiger partial charge in [0.2, 0.25) is 0 Å². The molecule has 9 heteroatoms. The Morgan fingerprint density at radius 2 is 1.71 bits per heavy atom. The molecule has 8 nitrogen and oxygen atoms in total. The van der Waals surface area contributed by atoms with Crippen molar-refractivity contribution in [2.45, 2.75) is 65.6 Å². The second-order valence-corrected chi connectivity index (χ2v) is 12.1. The molecule has 1 saturated heterocycles. The van der Waals surface area contributed by atoms with Crippen LogP contribution in [0.25, 0.3) is 11.1 Å². The molecule has 0 radical (unpaired) electrons. The number of rotatable bonds is 13. The number of likely N-dealkylation sites (tertiary alicyclic amines) is 1. The number of aliphatic hydroxyl groups excluding tert-OH is 1. The Morgan fingerprint density at radius 3 is 2.24 bits per heavy atom. The van der Waals surface area contributed by atoms with Crippen LogP contribution in [0.15, 0.2) is 97.3 Å². The molecule has 0 saturated carbocycles. The van der Waals surface area contributed by atoms with Crippen LogP contribution >= 0.6 is 11.8 Å². The normalized spacial score (nSPS) is 14.4. The highest BCUT2D eigenvalue weighted by molar-refractivity contribution is 7.98. The van der Waals surface area contributed by atoms with E-state index in [1.165, 1.54) is 12.2 Å². The summed E-state index contributed by atoms with van der Waals surface area (Å²) in [5.41, 5.74) is 4.51. The average molecular weight is 693 g/mol. The summed E-state index contributed by atoms with van der Waals surface area (Å²) in [5, 5.41) is 20.6. The number of amides is 1. The topological polar surface area (TPSA) is 108 Å². The standard InChI is InChI=1S/C26H34N2O4S.C7H8O.C5H8O.C2H6/c1-18-7-4-5-9-21(18)23-15-19(16-28-13-6-8-20(28)17-32-2)10-11-22(23)25(29)27-24(26(30)31)12-14-33-3;1-8-7-5-3-2-4-6-7;1-3-4-5(2)6;1-2/h4-5,7,9-11,15,20,24H,6,8,12-14,16-17H2,1-3H3,(H,27,29)(H,30,31);2-6H,1H3;3-4,6H,1H2,2H3;1-2H3/b;;5-4+;. The number of carbonyl (C=O) groups is 2. The Bertz CT molecular complexity index is 1430. The van der Waals surface area contributed by atoms with Crippen molar-refractivity contribution in [2.24, 2.45) is 0 Å². The van der Waals surface area contributed by atoms with Crippen LogP contribution in [0.2, 0.25) is 0 Å². The summed E-state index contributed by atoms with van der Waals surface area (Å²) in [6.45, 7) is 13.5. The molecule has 1 aliphatic rings. The molecular formula is C40H56N2O6S. The van der Waals surface area contributed by atoms with E-state index in [4.69, 9.17) is 14.6 Å². The predicted molar refractivity (Wildman–Crippen MR) is 205 cm³/mol. The Morgan fingerprint density at radius 1 is 1.04 bits per heavy atom. The molecule has 2 unspecified atom stereocenters. The molecule has 0 aromatic heterocycles. The molecule has 0 spiro atoms. The second-order valence-electron chi connectivity index (χ2n) is 11.1. The number of carboxylic acid groups (broad SMARTS) is 1. The number of ether oxygens (including phenoxy) is 2. The van der Waals surface area contributed by atoms with Crippen molar-refractivity contribution in [1.82, 2.24) is 10.2 Å². The van der Waals surface area contributed by atoms with Gasteiger partial charge in [-0.1, -0.05) is 75.0 Å². The van der Waals surface area contributed by atoms with E-state index in [1.807, 2.05) is 93.8 Å². The van der Waals surface area contributed by atoms with E-state index in [9.17, 15) is 14.7 Å². The third-order valence-electron chi connectivity index (χ3n) is 7.56. The molecule has 3 aromatic carbocycles. The van der Waals surface area contributed by atoms with Crippen LogP contribution in [0.5, 0.6) is 5.75 Å². The van der Waals surface area contributed by atoms with E-state index in [0.29, 0.717) is 29.5 Å². The molecule has 1 aliphatic heterocycles. The number of benzene rings is 3. The van der Waals surface area contributed by atoms with Gasteiger partial charge in [-0.25, -0.2) is 4.79 Å². The minimum Gasteiger partial charge on any atom is -0.513 e. The van der Waals surface area contributed by atoms with E-state index in [1.54, 1.807) is 32.9 Å². The number of carbonyl (C=O) groups excluding carboxylic acids is 1. The average Bonchev–Trinajstić information content (AvgIpc) is 3.54. The maximum atomic E-state index is 13.2. The number of thioether (sulfide) groups is 1. The van der Waals surface area contributed by atoms with Gasteiger partial charge in [0.1, 0.15) is 11.8 Å². The van der Waals surface area contributed by atoms with Crippen LogP contribution < -0.4 is 10.1 Å². The van der Waals surface area contributed by atoms with Crippen molar-refractivity contribution in [1.29, 1.82) is 0 Å². The van der Waals surface area contributed by atoms with Gasteiger partial charge >= 0.3 is 5.97 Å². The summed E-state index contributed by atoms with van der Waals surface area (Å²) < 4.78 is 10.3. The molecule has 1 amide bonds. The molecular weight excluding hydrogens is 637 g/mol. The smallest absolute Gasteiger partial charge is 0.326 e. The Labute approximate surface area is 298 Å². The fourth-order valence-electron chi connectivity index (χ4n) is 5.16. The number of aliphatic carboxylic acids is 1. The fraction of sp³-hybridized carbons (Fsp3) is 0.400. The minimum absolute atomic E-state index is 0.296. The number of nitrogens with one attached hydrogen (secondary N) is 1. The molecule has 49 heavy (non-hydrogen) atoms. The highest BCUT2D eigenvalue weighted by Crippen LogP contribution is 2.30. The second kappa shape index (κ2) is 25.0. The van der Waals surface area contributed by atoms with Gasteiger partial charge in [0.05, 0.1) is 19.5 Å². The number of nitrogens with zero attached hydrogens (tertiary/aromatic N) is 1. The summed E-state index contributed by atoms with van der Waals surface area (Å²) in [6.07, 6.45) is 7.66. The van der Waals surface area contributed by atoms with Crippen LogP contribution in [-0.4, -0.2) is 78.5 Å². The highest BCUT2D eigenvalue weighted by atomic mass is 32.2. The van der Waals surface area contributed by atoms with Gasteiger partial charge in [-0.2, -0.15) is 11.8 Å². The SMILES string of the molecule is C=C/C=C(\C)O.CC.COCC1CCCN1Cc1ccc(C(=O)NC(CCSC)C(=O)O)c(-c2ccccc2C)c1.COc1ccccc1. The van der Waals surface area contributed by atoms with Crippen LogP contribution in [0.3, 0.4) is 0 Å². The first-order valence-corrected chi connectivity index (χ1v) is 18.1. The summed E-state index contributed by atoms with van der Waals surface area (Å²) in [5.74, 6) is 0.508. The molecule has 1 heterocycles. The Balaban J connectivity index is 0.000000617. The van der Waals surface area contributed by atoms with Crippen molar-refractivity contribution in [3.63, 3.8) is 0 Å². The number of hydrogen-bond acceptors (Lipinski definition) is 7. The van der Waals surface area contributed by atoms with Gasteiger partial charge in [-0.3, -0.25) is 9.69 Å². The fourth-order valence-corrected chi connectivity index (χ4v) is 5.63. The first-order valence-electron chi connectivity index (χ1n) is 16.7. The molecule has 1 fully saturated rings. The van der Waals surface area contributed by atoms with Gasteiger partial charge in [0.15, 0.2) is 0 Å². The van der Waals surface area contributed by atoms with Crippen molar-refractivity contribution < 1.29 is 29.3 Å². The largest absolute Gasteiger partial charge is 0.513 e. The lowest BCUT2D eigenvalue weighted by molar-refractivity contribution is -0.139. The lowest BCUT2D eigenvalue weighted by Crippen LogP contribution is -2.41. The molecule has 0 aliphatic carbocycles. The third-order valence-corrected chi connectivity index (χ3v) is 8.20. The molecule has 2 atom stereocenters. The summed E-state index contributed by atoms with van der Waals surface area (Å²) in [4.78, 5) is 27.3. The number of allylic oxidation sites excluding steroid dienone is 3. The number of aryl methyl sites for hydroxylation is 1. The Kier molecular flexibility index (Phi) is 21.9. The van der Waals surface area contributed by atoms with Crippen LogP contribution in [-0.2, 0) is 16.1 Å². The van der Waals surface area contributed by atoms with Gasteiger partial charge < -0.3 is 25.0 Å². The minimum atomic E-state index is -1.01. The highest BCUT2D eigenvalue weighted by Gasteiger charge is 2.26. The first kappa shape index (κ1) is 43.0. The quantitative estimate of drug-likeness (QED) is 0.121. The monoisotopic (exact) mass is 692 g/mol. The number of carboxylic acids is 1. The van der Waals surface area contributed by atoms with E-state index in [0.717, 1.165) is 60.5 Å². The van der Waals surface area contributed by atoms with Crippen molar-refractivity contribution in [3.05, 3.63) is 114 Å². The number of aliphatic hydroxyl groups is 1. The Hall–Kier alpha value is -4.05. The zero-order chi connectivity index (χ0) is 36.6. The first-order chi connectivity index (χ1) is 23.6. The number of hydrogen-bond donors (Lipinski definition) is 3. The summed E-state index contributed by atoms with van der Waals surface area (Å²) in [7, 11) is 3.40. The van der Waals surface area contributed by atoms with Gasteiger partial charge in [0.25, 0.3) is 5.91 Å². The molecule has 4 rings (SSSR count). The van der Waals surface area contributed by atoms with Crippen LogP contribution in [0, 0.1) is 6.92 Å². The van der Waals surface area contributed by atoms with Gasteiger partial charge in [-0.05, 0) is 104 Å². The van der Waals surface area contributed by atoms with Crippen molar-refractivity contribution in [2.75, 3.05) is 39.4 Å². The van der Waals surface area contributed by atoms with Gasteiger partial charge in [-0.15, -0.1) is 0 Å². The summed E-state index contributed by atoms with van der Waals surface area (Å²) >= 11 is 1.56. The van der Waals surface area contributed by atoms with E-state index in [-0.39, 0.29) is 5.91 Å². The van der Waals surface area contributed by atoms with E-state index >= 15 is 0 Å². The summed E-state index contributed by atoms with van der Waals surface area (Å²) in [6, 6.07) is 23.1.